The van der Waals surface area contributed by atoms with E-state index in [0.717, 1.165) is 0 Å². The van der Waals surface area contributed by atoms with Gasteiger partial charge >= 0.3 is 0 Å². The van der Waals surface area contributed by atoms with Crippen LogP contribution in [0.3, 0.4) is 0 Å². The van der Waals surface area contributed by atoms with Gasteiger partial charge in [-0.25, -0.2) is 0 Å². The van der Waals surface area contributed by atoms with E-state index in [4.69, 9.17) is 32.1 Å². The number of carbonyl (C=O) groups is 1. The Hall–Kier alpha value is -3.14. The van der Waals surface area contributed by atoms with Crippen LogP contribution in [0, 0.1) is 17.3 Å². The van der Waals surface area contributed by atoms with Crippen molar-refractivity contribution in [1.82, 2.24) is 0 Å². The molecule has 0 aliphatic rings. The number of ether oxygens (including phenoxy) is 2. The molecule has 1 aromatic carbocycles. The van der Waals surface area contributed by atoms with Crippen molar-refractivity contribution >= 4 is 11.7 Å². The molecule has 7 nitrogen and oxygen atoms in total. The Morgan fingerprint density at radius 1 is 1.10 bits per heavy atom. The first kappa shape index (κ1) is 15.9. The molecule has 21 heavy (non-hydrogen) atoms. The van der Waals surface area contributed by atoms with Gasteiger partial charge in [-0.3, -0.25) is 10.2 Å². The fourth-order valence-corrected chi connectivity index (χ4v) is 1.49. The minimum atomic E-state index is -0.905. The van der Waals surface area contributed by atoms with Crippen molar-refractivity contribution in [2.24, 2.45) is 17.2 Å². The number of nitrogens with two attached hydrogens (primary N) is 3. The molecule has 0 unspecified atom stereocenters. The zero-order chi connectivity index (χ0) is 16.0. The molecule has 0 fully saturated rings. The first-order chi connectivity index (χ1) is 9.88. The average molecular weight is 288 g/mol. The van der Waals surface area contributed by atoms with Gasteiger partial charge in [-0.05, 0) is 18.1 Å². The number of benzene rings is 1. The van der Waals surface area contributed by atoms with Gasteiger partial charge in [0.25, 0.3) is 5.91 Å². The monoisotopic (exact) mass is 288 g/mol. The number of amides is 1. The van der Waals surface area contributed by atoms with Gasteiger partial charge in [0, 0.05) is 11.6 Å². The molecule has 0 saturated heterocycles. The highest BCUT2D eigenvalue weighted by atomic mass is 16.5. The Kier molecular flexibility index (Phi) is 5.20. The molecule has 1 aromatic rings. The van der Waals surface area contributed by atoms with Crippen LogP contribution in [0.2, 0.25) is 0 Å². The molecule has 0 bridgehead atoms. The number of hydrogen-bond acceptors (Lipinski definition) is 5. The highest BCUT2D eigenvalue weighted by Crippen LogP contribution is 2.21. The third kappa shape index (κ3) is 4.18. The lowest BCUT2D eigenvalue weighted by Crippen LogP contribution is -2.28. The van der Waals surface area contributed by atoms with E-state index >= 15 is 0 Å². The van der Waals surface area contributed by atoms with Gasteiger partial charge in [-0.1, -0.05) is 5.92 Å². The first-order valence-corrected chi connectivity index (χ1v) is 5.78. The van der Waals surface area contributed by atoms with Crippen molar-refractivity contribution in [2.45, 2.75) is 0 Å². The van der Waals surface area contributed by atoms with Crippen LogP contribution in [0.1, 0.15) is 5.56 Å². The number of primary amides is 1. The Labute approximate surface area is 122 Å². The van der Waals surface area contributed by atoms with Crippen molar-refractivity contribution in [2.75, 3.05) is 14.2 Å². The lowest BCUT2D eigenvalue weighted by Gasteiger charge is -2.05. The maximum atomic E-state index is 11.2. The number of carbonyl (C=O) groups excluding carboxylic acids is 1. The fourth-order valence-electron chi connectivity index (χ4n) is 1.49. The Morgan fingerprint density at radius 2 is 1.62 bits per heavy atom. The SMILES string of the molecule is COc1cc(C#CC(N)=C(C(=N)N)C(N)=O)cc(OC)c1. The number of allylic oxidation sites excluding steroid dienone is 1. The van der Waals surface area contributed by atoms with E-state index in [-0.39, 0.29) is 11.3 Å². The smallest absolute Gasteiger partial charge is 0.255 e. The molecule has 0 aromatic heterocycles. The number of amidine groups is 1. The molecule has 0 aliphatic heterocycles. The third-order valence-electron chi connectivity index (χ3n) is 2.48. The van der Waals surface area contributed by atoms with Crippen molar-refractivity contribution in [3.05, 3.63) is 35.0 Å². The zero-order valence-corrected chi connectivity index (χ0v) is 11.7. The second-order valence-corrected chi connectivity index (χ2v) is 3.92. The Morgan fingerprint density at radius 3 is 2.00 bits per heavy atom. The summed E-state index contributed by atoms with van der Waals surface area (Å²) < 4.78 is 10.2. The summed E-state index contributed by atoms with van der Waals surface area (Å²) in [5.41, 5.74) is 16.0. The van der Waals surface area contributed by atoms with Gasteiger partial charge in [0.1, 0.15) is 22.9 Å². The maximum absolute atomic E-state index is 11.2. The largest absolute Gasteiger partial charge is 0.497 e. The fraction of sp³-hybridized carbons (Fsp3) is 0.143. The van der Waals surface area contributed by atoms with Crippen molar-refractivity contribution in [3.63, 3.8) is 0 Å². The number of methoxy groups -OCH3 is 2. The lowest BCUT2D eigenvalue weighted by atomic mass is 10.1. The molecule has 0 radical (unpaired) electrons. The first-order valence-electron chi connectivity index (χ1n) is 5.78. The predicted molar refractivity (Wildman–Crippen MR) is 78.7 cm³/mol. The summed E-state index contributed by atoms with van der Waals surface area (Å²) in [5.74, 6) is 4.95. The second kappa shape index (κ2) is 6.86. The van der Waals surface area contributed by atoms with Crippen LogP contribution in [-0.2, 0) is 4.79 Å². The Balaban J connectivity index is 3.26. The highest BCUT2D eigenvalue weighted by Gasteiger charge is 2.12. The van der Waals surface area contributed by atoms with Crippen LogP contribution in [-0.4, -0.2) is 26.0 Å². The summed E-state index contributed by atoms with van der Waals surface area (Å²) in [6.45, 7) is 0. The van der Waals surface area contributed by atoms with Crippen LogP contribution in [0.25, 0.3) is 0 Å². The van der Waals surface area contributed by atoms with E-state index in [9.17, 15) is 4.79 Å². The summed E-state index contributed by atoms with van der Waals surface area (Å²) in [6, 6.07) is 5.02. The lowest BCUT2D eigenvalue weighted by molar-refractivity contribution is -0.114. The van der Waals surface area contributed by atoms with Crippen LogP contribution in [0.4, 0.5) is 0 Å². The quantitative estimate of drug-likeness (QED) is 0.260. The van der Waals surface area contributed by atoms with E-state index in [1.807, 2.05) is 0 Å². The van der Waals surface area contributed by atoms with Gasteiger partial charge in [0.2, 0.25) is 0 Å². The topological polar surface area (TPSA) is 137 Å². The third-order valence-corrected chi connectivity index (χ3v) is 2.48. The molecule has 110 valence electrons. The molecule has 0 heterocycles. The molecule has 0 atom stereocenters. The maximum Gasteiger partial charge on any atom is 0.255 e. The summed E-state index contributed by atoms with van der Waals surface area (Å²) in [6.07, 6.45) is 0. The van der Waals surface area contributed by atoms with Gasteiger partial charge < -0.3 is 26.7 Å². The summed E-state index contributed by atoms with van der Waals surface area (Å²) >= 11 is 0. The molecule has 1 rings (SSSR count). The molecule has 1 amide bonds. The van der Waals surface area contributed by atoms with Gasteiger partial charge in [-0.2, -0.15) is 0 Å². The minimum Gasteiger partial charge on any atom is -0.497 e. The Bertz CT molecular complexity index is 630. The van der Waals surface area contributed by atoms with Crippen LogP contribution in [0.5, 0.6) is 11.5 Å². The number of rotatable bonds is 4. The van der Waals surface area contributed by atoms with E-state index in [1.54, 1.807) is 18.2 Å². The molecule has 0 saturated carbocycles. The molecule has 7 heteroatoms. The van der Waals surface area contributed by atoms with Crippen LogP contribution >= 0.6 is 0 Å². The molecule has 7 N–H and O–H groups in total. The normalized spacial score (nSPS) is 10.8. The van der Waals surface area contributed by atoms with Crippen LogP contribution in [0.15, 0.2) is 29.5 Å². The van der Waals surface area contributed by atoms with Crippen molar-refractivity contribution < 1.29 is 14.3 Å². The van der Waals surface area contributed by atoms with Crippen LogP contribution < -0.4 is 26.7 Å². The summed E-state index contributed by atoms with van der Waals surface area (Å²) in [5, 5.41) is 7.25. The van der Waals surface area contributed by atoms with Crippen molar-refractivity contribution in [1.29, 1.82) is 5.41 Å². The summed E-state index contributed by atoms with van der Waals surface area (Å²) in [7, 11) is 3.03. The molecule has 0 aliphatic carbocycles. The molecular weight excluding hydrogens is 272 g/mol. The van der Waals surface area contributed by atoms with E-state index in [2.05, 4.69) is 11.8 Å². The minimum absolute atomic E-state index is 0.170. The van der Waals surface area contributed by atoms with Gasteiger partial charge in [0.15, 0.2) is 0 Å². The van der Waals surface area contributed by atoms with E-state index < -0.39 is 11.7 Å². The van der Waals surface area contributed by atoms with E-state index in [1.165, 1.54) is 14.2 Å². The zero-order valence-electron chi connectivity index (χ0n) is 11.7. The standard InChI is InChI=1S/C14H16N4O3/c1-20-9-5-8(6-10(7-9)21-2)3-4-11(15)12(13(16)17)14(18)19/h5-7H,15H2,1-2H3,(H3,16,17)(H2,18,19). The number of nitrogens with one attached hydrogen (secondary N) is 1. The predicted octanol–water partition coefficient (Wildman–Crippen LogP) is -0.311. The van der Waals surface area contributed by atoms with E-state index in [0.29, 0.717) is 17.1 Å². The summed E-state index contributed by atoms with van der Waals surface area (Å²) in [4.78, 5) is 11.2. The highest BCUT2D eigenvalue weighted by molar-refractivity contribution is 6.19. The molecule has 0 spiro atoms. The number of hydrogen-bond donors (Lipinski definition) is 4. The second-order valence-electron chi connectivity index (χ2n) is 3.92. The van der Waals surface area contributed by atoms with Gasteiger partial charge in [0.05, 0.1) is 19.9 Å². The molecular formula is C14H16N4O3. The average Bonchev–Trinajstić information content (AvgIpc) is 2.43. The van der Waals surface area contributed by atoms with Gasteiger partial charge in [-0.15, -0.1) is 0 Å². The van der Waals surface area contributed by atoms with Crippen molar-refractivity contribution in [3.8, 4) is 23.3 Å².